The topological polar surface area (TPSA) is 49.8 Å². The van der Waals surface area contributed by atoms with Gasteiger partial charge in [0.25, 0.3) is 0 Å². The lowest BCUT2D eigenvalue weighted by Crippen LogP contribution is -2.03. The molecule has 2 N–H and O–H groups in total. The van der Waals surface area contributed by atoms with Crippen LogP contribution >= 0.6 is 0 Å². The van der Waals surface area contributed by atoms with Crippen LogP contribution < -0.4 is 10.6 Å². The predicted molar refractivity (Wildman–Crippen MR) is 95.0 cm³/mol. The van der Waals surface area contributed by atoms with E-state index in [9.17, 15) is 4.39 Å². The molecule has 0 radical (unpaired) electrons. The lowest BCUT2D eigenvalue weighted by molar-refractivity contribution is 0.627. The second kappa shape index (κ2) is 7.08. The lowest BCUT2D eigenvalue weighted by Gasteiger charge is -2.12. The Balaban J connectivity index is 1.69. The van der Waals surface area contributed by atoms with Gasteiger partial charge in [-0.1, -0.05) is 24.3 Å². The Labute approximate surface area is 140 Å². The molecule has 0 atom stereocenters. The SMILES string of the molecule is Cc1cccc(Nc2cc(NCc3ccc(F)cc3)ncn2)c1C. The monoisotopic (exact) mass is 322 g/mol. The van der Waals surface area contributed by atoms with Crippen LogP contribution in [0.5, 0.6) is 0 Å². The molecule has 0 saturated carbocycles. The molecular formula is C19H19FN4. The molecule has 0 aliphatic rings. The van der Waals surface area contributed by atoms with E-state index in [0.717, 1.165) is 17.1 Å². The van der Waals surface area contributed by atoms with Gasteiger partial charge in [-0.25, -0.2) is 14.4 Å². The van der Waals surface area contributed by atoms with E-state index < -0.39 is 0 Å². The number of aromatic nitrogens is 2. The standard InChI is InChI=1S/C19H19FN4/c1-13-4-3-5-17(14(13)2)24-19-10-18(22-12-23-19)21-11-15-6-8-16(20)9-7-15/h3-10,12H,11H2,1-2H3,(H2,21,22,23,24). The number of hydrogen-bond donors (Lipinski definition) is 2. The van der Waals surface area contributed by atoms with Crippen molar-refractivity contribution in [2.24, 2.45) is 0 Å². The fourth-order valence-corrected chi connectivity index (χ4v) is 2.34. The van der Waals surface area contributed by atoms with Gasteiger partial charge in [0.15, 0.2) is 0 Å². The van der Waals surface area contributed by atoms with Gasteiger partial charge < -0.3 is 10.6 Å². The molecule has 0 saturated heterocycles. The van der Waals surface area contributed by atoms with Gasteiger partial charge in [-0.05, 0) is 48.7 Å². The number of nitrogens with one attached hydrogen (secondary N) is 2. The second-order valence-corrected chi connectivity index (χ2v) is 5.64. The number of benzene rings is 2. The van der Waals surface area contributed by atoms with Crippen LogP contribution in [0.1, 0.15) is 16.7 Å². The normalized spacial score (nSPS) is 10.5. The summed E-state index contributed by atoms with van der Waals surface area (Å²) in [5.41, 5.74) is 4.43. The van der Waals surface area contributed by atoms with E-state index in [-0.39, 0.29) is 5.82 Å². The zero-order chi connectivity index (χ0) is 16.9. The van der Waals surface area contributed by atoms with Crippen molar-refractivity contribution in [1.29, 1.82) is 0 Å². The molecule has 3 aromatic rings. The molecule has 0 unspecified atom stereocenters. The molecular weight excluding hydrogens is 303 g/mol. The highest BCUT2D eigenvalue weighted by Gasteiger charge is 2.04. The Kier molecular flexibility index (Phi) is 4.70. The molecule has 2 aromatic carbocycles. The quantitative estimate of drug-likeness (QED) is 0.721. The largest absolute Gasteiger partial charge is 0.366 e. The molecule has 1 aromatic heterocycles. The first-order chi connectivity index (χ1) is 11.6. The van der Waals surface area contributed by atoms with Crippen molar-refractivity contribution in [2.45, 2.75) is 20.4 Å². The Morgan fingerprint density at radius 1 is 0.958 bits per heavy atom. The van der Waals surface area contributed by atoms with Gasteiger partial charge in [0.2, 0.25) is 0 Å². The van der Waals surface area contributed by atoms with E-state index in [1.807, 2.05) is 18.2 Å². The van der Waals surface area contributed by atoms with Crippen molar-refractivity contribution < 1.29 is 4.39 Å². The van der Waals surface area contributed by atoms with Crippen LogP contribution in [0, 0.1) is 19.7 Å². The Hall–Kier alpha value is -2.95. The van der Waals surface area contributed by atoms with Crippen molar-refractivity contribution in [2.75, 3.05) is 10.6 Å². The van der Waals surface area contributed by atoms with Gasteiger partial charge in [-0.2, -0.15) is 0 Å². The van der Waals surface area contributed by atoms with Crippen LogP contribution in [-0.2, 0) is 6.54 Å². The van der Waals surface area contributed by atoms with Crippen LogP contribution in [0.15, 0.2) is 54.9 Å². The molecule has 5 heteroatoms. The molecule has 1 heterocycles. The lowest BCUT2D eigenvalue weighted by atomic mass is 10.1. The van der Waals surface area contributed by atoms with Gasteiger partial charge in [-0.3, -0.25) is 0 Å². The van der Waals surface area contributed by atoms with Crippen LogP contribution in [0.4, 0.5) is 21.7 Å². The fourth-order valence-electron chi connectivity index (χ4n) is 2.34. The van der Waals surface area contributed by atoms with Crippen LogP contribution in [0.2, 0.25) is 0 Å². The van der Waals surface area contributed by atoms with Crippen molar-refractivity contribution >= 4 is 17.3 Å². The van der Waals surface area contributed by atoms with Crippen molar-refractivity contribution in [3.63, 3.8) is 0 Å². The van der Waals surface area contributed by atoms with E-state index in [1.54, 1.807) is 12.1 Å². The third-order valence-corrected chi connectivity index (χ3v) is 3.92. The van der Waals surface area contributed by atoms with E-state index in [2.05, 4.69) is 40.5 Å². The summed E-state index contributed by atoms with van der Waals surface area (Å²) < 4.78 is 12.9. The number of halogens is 1. The average Bonchev–Trinajstić information content (AvgIpc) is 2.59. The first-order valence-electron chi connectivity index (χ1n) is 7.75. The van der Waals surface area contributed by atoms with Crippen molar-refractivity contribution in [3.05, 3.63) is 77.4 Å². The molecule has 0 aliphatic carbocycles. The highest BCUT2D eigenvalue weighted by molar-refractivity contribution is 5.63. The summed E-state index contributed by atoms with van der Waals surface area (Å²) in [5, 5.41) is 6.54. The third kappa shape index (κ3) is 3.87. The van der Waals surface area contributed by atoms with E-state index in [0.29, 0.717) is 12.4 Å². The summed E-state index contributed by atoms with van der Waals surface area (Å²) >= 11 is 0. The zero-order valence-corrected chi connectivity index (χ0v) is 13.7. The highest BCUT2D eigenvalue weighted by atomic mass is 19.1. The maximum absolute atomic E-state index is 12.9. The number of nitrogens with zero attached hydrogens (tertiary/aromatic N) is 2. The second-order valence-electron chi connectivity index (χ2n) is 5.64. The van der Waals surface area contributed by atoms with Gasteiger partial charge in [0.1, 0.15) is 23.8 Å². The Bertz CT molecular complexity index is 831. The van der Waals surface area contributed by atoms with Crippen molar-refractivity contribution in [1.82, 2.24) is 9.97 Å². The maximum Gasteiger partial charge on any atom is 0.135 e. The molecule has 0 fully saturated rings. The number of anilines is 3. The smallest absolute Gasteiger partial charge is 0.135 e. The molecule has 3 rings (SSSR count). The minimum Gasteiger partial charge on any atom is -0.366 e. The summed E-state index contributed by atoms with van der Waals surface area (Å²) in [7, 11) is 0. The number of aryl methyl sites for hydroxylation is 1. The van der Waals surface area contributed by atoms with E-state index in [1.165, 1.54) is 29.6 Å². The first-order valence-corrected chi connectivity index (χ1v) is 7.75. The summed E-state index contributed by atoms with van der Waals surface area (Å²) in [6.45, 7) is 4.73. The van der Waals surface area contributed by atoms with Gasteiger partial charge in [0, 0.05) is 18.3 Å². The van der Waals surface area contributed by atoms with Crippen LogP contribution in [-0.4, -0.2) is 9.97 Å². The molecule has 0 amide bonds. The van der Waals surface area contributed by atoms with Crippen LogP contribution in [0.3, 0.4) is 0 Å². The van der Waals surface area contributed by atoms with E-state index >= 15 is 0 Å². The molecule has 4 nitrogen and oxygen atoms in total. The maximum atomic E-state index is 12.9. The summed E-state index contributed by atoms with van der Waals surface area (Å²) in [6.07, 6.45) is 1.51. The summed E-state index contributed by atoms with van der Waals surface area (Å²) in [5.74, 6) is 1.20. The van der Waals surface area contributed by atoms with Gasteiger partial charge in [0.05, 0.1) is 0 Å². The highest BCUT2D eigenvalue weighted by Crippen LogP contribution is 2.22. The average molecular weight is 322 g/mol. The number of rotatable bonds is 5. The van der Waals surface area contributed by atoms with Crippen molar-refractivity contribution in [3.8, 4) is 0 Å². The van der Waals surface area contributed by atoms with Crippen LogP contribution in [0.25, 0.3) is 0 Å². The zero-order valence-electron chi connectivity index (χ0n) is 13.7. The molecule has 122 valence electrons. The number of hydrogen-bond acceptors (Lipinski definition) is 4. The fraction of sp³-hybridized carbons (Fsp3) is 0.158. The first kappa shape index (κ1) is 15.9. The predicted octanol–water partition coefficient (Wildman–Crippen LogP) is 4.59. The summed E-state index contributed by atoms with van der Waals surface area (Å²) in [4.78, 5) is 8.48. The third-order valence-electron chi connectivity index (χ3n) is 3.92. The Morgan fingerprint density at radius 3 is 2.50 bits per heavy atom. The minimum absolute atomic E-state index is 0.235. The molecule has 0 spiro atoms. The molecule has 0 bridgehead atoms. The molecule has 24 heavy (non-hydrogen) atoms. The minimum atomic E-state index is -0.235. The summed E-state index contributed by atoms with van der Waals surface area (Å²) in [6, 6.07) is 14.4. The molecule has 0 aliphatic heterocycles. The Morgan fingerprint density at radius 2 is 1.71 bits per heavy atom. The van der Waals surface area contributed by atoms with Gasteiger partial charge >= 0.3 is 0 Å². The van der Waals surface area contributed by atoms with E-state index in [4.69, 9.17) is 0 Å². The van der Waals surface area contributed by atoms with Gasteiger partial charge in [-0.15, -0.1) is 0 Å².